The van der Waals surface area contributed by atoms with E-state index in [0.717, 1.165) is 5.69 Å². The lowest BCUT2D eigenvalue weighted by Crippen LogP contribution is -1.82. The predicted molar refractivity (Wildman–Crippen MR) is 36.5 cm³/mol. The van der Waals surface area contributed by atoms with Gasteiger partial charge in [0.1, 0.15) is 0 Å². The van der Waals surface area contributed by atoms with E-state index in [1.165, 1.54) is 12.3 Å². The molecule has 1 radical (unpaired) electrons. The molecule has 1 aromatic heterocycles. The molecule has 0 bridgehead atoms. The Balaban J connectivity index is 2.88. The van der Waals surface area contributed by atoms with E-state index in [-0.39, 0.29) is 5.69 Å². The third kappa shape index (κ3) is 1.15. The molecule has 4 nitrogen and oxygen atoms in total. The molecule has 1 rings (SSSR count). The van der Waals surface area contributed by atoms with E-state index in [9.17, 15) is 10.1 Å². The van der Waals surface area contributed by atoms with E-state index in [2.05, 4.69) is 4.98 Å². The fraction of sp³-hybridized carbons (Fsp3) is 0.167. The fourth-order valence-corrected chi connectivity index (χ4v) is 0.672. The Morgan fingerprint density at radius 3 is 2.80 bits per heavy atom. The quantitative estimate of drug-likeness (QED) is 0.498. The van der Waals surface area contributed by atoms with Crippen LogP contribution in [0.25, 0.3) is 0 Å². The van der Waals surface area contributed by atoms with Crippen LogP contribution in [0.1, 0.15) is 12.6 Å². The van der Waals surface area contributed by atoms with Gasteiger partial charge in [0.2, 0.25) is 0 Å². The second-order valence-corrected chi connectivity index (χ2v) is 1.86. The van der Waals surface area contributed by atoms with Crippen LogP contribution in [0, 0.1) is 16.5 Å². The number of H-pyrrole nitrogens is 1. The molecule has 0 atom stereocenters. The second-order valence-electron chi connectivity index (χ2n) is 1.86. The molecular formula is C6H7N2O2. The lowest BCUT2D eigenvalue weighted by molar-refractivity contribution is -0.384. The Labute approximate surface area is 58.0 Å². The summed E-state index contributed by atoms with van der Waals surface area (Å²) >= 11 is 0. The molecule has 1 heterocycles. The van der Waals surface area contributed by atoms with Gasteiger partial charge >= 0.3 is 0 Å². The van der Waals surface area contributed by atoms with Crippen molar-refractivity contribution in [1.29, 1.82) is 0 Å². The lowest BCUT2D eigenvalue weighted by atomic mass is 10.3. The van der Waals surface area contributed by atoms with Crippen molar-refractivity contribution in [3.63, 3.8) is 0 Å². The van der Waals surface area contributed by atoms with Gasteiger partial charge in [0.15, 0.2) is 0 Å². The van der Waals surface area contributed by atoms with Crippen molar-refractivity contribution >= 4 is 5.69 Å². The van der Waals surface area contributed by atoms with Gasteiger partial charge in [0, 0.05) is 18.2 Å². The highest BCUT2D eigenvalue weighted by molar-refractivity contribution is 5.32. The average Bonchev–Trinajstić information content (AvgIpc) is 2.34. The van der Waals surface area contributed by atoms with Crippen molar-refractivity contribution in [2.45, 2.75) is 6.92 Å². The van der Waals surface area contributed by atoms with E-state index >= 15 is 0 Å². The number of nitrogens with one attached hydrogen (secondary N) is 1. The van der Waals surface area contributed by atoms with E-state index < -0.39 is 4.92 Å². The maximum atomic E-state index is 10.1. The van der Waals surface area contributed by atoms with Gasteiger partial charge in [-0.2, -0.15) is 0 Å². The summed E-state index contributed by atoms with van der Waals surface area (Å²) in [6, 6.07) is 1.49. The maximum Gasteiger partial charge on any atom is 0.286 e. The van der Waals surface area contributed by atoms with Gasteiger partial charge in [-0.1, -0.05) is 6.92 Å². The van der Waals surface area contributed by atoms with E-state index in [0.29, 0.717) is 0 Å². The number of nitrogens with zero attached hydrogens (tertiary/aromatic N) is 1. The number of hydrogen-bond acceptors (Lipinski definition) is 2. The van der Waals surface area contributed by atoms with Gasteiger partial charge in [-0.15, -0.1) is 0 Å². The van der Waals surface area contributed by atoms with Crippen molar-refractivity contribution in [3.05, 3.63) is 34.5 Å². The Morgan fingerprint density at radius 2 is 2.50 bits per heavy atom. The van der Waals surface area contributed by atoms with Gasteiger partial charge in [-0.3, -0.25) is 10.1 Å². The van der Waals surface area contributed by atoms with Gasteiger partial charge < -0.3 is 4.98 Å². The Kier molecular flexibility index (Phi) is 1.71. The van der Waals surface area contributed by atoms with Crippen LogP contribution in [0.15, 0.2) is 12.3 Å². The highest BCUT2D eigenvalue weighted by Gasteiger charge is 2.06. The number of aromatic nitrogens is 1. The third-order valence-electron chi connectivity index (χ3n) is 1.21. The van der Waals surface area contributed by atoms with Crippen molar-refractivity contribution in [2.75, 3.05) is 0 Å². The molecule has 1 aromatic rings. The van der Waals surface area contributed by atoms with Gasteiger partial charge in [-0.25, -0.2) is 0 Å². The van der Waals surface area contributed by atoms with Gasteiger partial charge in [0.25, 0.3) is 5.69 Å². The van der Waals surface area contributed by atoms with Crippen LogP contribution in [-0.2, 0) is 0 Å². The highest BCUT2D eigenvalue weighted by atomic mass is 16.6. The predicted octanol–water partition coefficient (Wildman–Crippen LogP) is 1.50. The Morgan fingerprint density at radius 1 is 1.80 bits per heavy atom. The maximum absolute atomic E-state index is 10.1. The summed E-state index contributed by atoms with van der Waals surface area (Å²) < 4.78 is 0. The van der Waals surface area contributed by atoms with Crippen LogP contribution in [0.4, 0.5) is 5.69 Å². The summed E-state index contributed by atoms with van der Waals surface area (Å²) in [4.78, 5) is 12.4. The summed E-state index contributed by atoms with van der Waals surface area (Å²) in [5.41, 5.74) is 0.875. The topological polar surface area (TPSA) is 58.9 Å². The van der Waals surface area contributed by atoms with Crippen LogP contribution < -0.4 is 0 Å². The van der Waals surface area contributed by atoms with E-state index in [4.69, 9.17) is 0 Å². The normalized spacial score (nSPS) is 9.70. The standard InChI is InChI=1S/C6H7N2O2/c1-2-5-3-6(4-7-5)8(9)10/h2-4,7H,1H3. The average molecular weight is 139 g/mol. The minimum absolute atomic E-state index is 0.105. The molecule has 0 saturated heterocycles. The largest absolute Gasteiger partial charge is 0.359 e. The zero-order valence-corrected chi connectivity index (χ0v) is 5.50. The monoisotopic (exact) mass is 139 g/mol. The fourth-order valence-electron chi connectivity index (χ4n) is 0.672. The van der Waals surface area contributed by atoms with E-state index in [1.807, 2.05) is 6.92 Å². The van der Waals surface area contributed by atoms with Crippen molar-refractivity contribution in [2.24, 2.45) is 0 Å². The molecule has 0 spiro atoms. The van der Waals surface area contributed by atoms with Crippen LogP contribution >= 0.6 is 0 Å². The highest BCUT2D eigenvalue weighted by Crippen LogP contribution is 2.12. The molecule has 0 saturated carbocycles. The van der Waals surface area contributed by atoms with Crippen LogP contribution in [-0.4, -0.2) is 9.91 Å². The first-order valence-corrected chi connectivity index (χ1v) is 2.86. The number of hydrogen-bond donors (Lipinski definition) is 1. The molecule has 0 aliphatic carbocycles. The second kappa shape index (κ2) is 2.51. The first-order valence-electron chi connectivity index (χ1n) is 2.86. The molecule has 53 valence electrons. The molecule has 4 heteroatoms. The zero-order chi connectivity index (χ0) is 7.56. The molecule has 0 aliphatic rings. The number of rotatable bonds is 2. The molecular weight excluding hydrogens is 132 g/mol. The number of aromatic amines is 1. The summed E-state index contributed by atoms with van der Waals surface area (Å²) in [7, 11) is 0. The molecule has 0 unspecified atom stereocenters. The van der Waals surface area contributed by atoms with Crippen molar-refractivity contribution in [1.82, 2.24) is 4.98 Å². The molecule has 0 amide bonds. The Hall–Kier alpha value is -1.32. The molecule has 0 aromatic carbocycles. The van der Waals surface area contributed by atoms with Crippen LogP contribution in [0.2, 0.25) is 0 Å². The van der Waals surface area contributed by atoms with Crippen LogP contribution in [0.5, 0.6) is 0 Å². The molecule has 1 N–H and O–H groups in total. The summed E-state index contributed by atoms with van der Waals surface area (Å²) in [5, 5.41) is 10.1. The minimum Gasteiger partial charge on any atom is -0.359 e. The number of nitro groups is 1. The van der Waals surface area contributed by atoms with Crippen LogP contribution in [0.3, 0.4) is 0 Å². The summed E-state index contributed by atoms with van der Waals surface area (Å²) in [5.74, 6) is 0. The summed E-state index contributed by atoms with van der Waals surface area (Å²) in [6.45, 7) is 1.82. The smallest absolute Gasteiger partial charge is 0.286 e. The zero-order valence-electron chi connectivity index (χ0n) is 5.50. The van der Waals surface area contributed by atoms with Gasteiger partial charge in [-0.05, 0) is 0 Å². The molecule has 10 heavy (non-hydrogen) atoms. The summed E-state index contributed by atoms with van der Waals surface area (Å²) in [6.07, 6.45) is 3.14. The minimum atomic E-state index is -0.427. The first-order chi connectivity index (χ1) is 4.74. The molecule has 0 aliphatic heterocycles. The van der Waals surface area contributed by atoms with Crippen molar-refractivity contribution < 1.29 is 4.92 Å². The first kappa shape index (κ1) is 6.80. The molecule has 0 fully saturated rings. The van der Waals surface area contributed by atoms with E-state index in [1.54, 1.807) is 6.42 Å². The lowest BCUT2D eigenvalue weighted by Gasteiger charge is -1.81. The Bertz CT molecular complexity index is 242. The van der Waals surface area contributed by atoms with Gasteiger partial charge in [0.05, 0.1) is 11.1 Å². The van der Waals surface area contributed by atoms with Crippen molar-refractivity contribution in [3.8, 4) is 0 Å². The third-order valence-corrected chi connectivity index (χ3v) is 1.21. The SMILES string of the molecule is C[CH]c1cc([N+](=O)[O-])c[nH]1.